The first-order chi connectivity index (χ1) is 10.6. The quantitative estimate of drug-likeness (QED) is 0.642. The second-order valence-corrected chi connectivity index (χ2v) is 6.21. The van der Waals surface area contributed by atoms with Crippen LogP contribution in [-0.2, 0) is 9.53 Å². The van der Waals surface area contributed by atoms with E-state index < -0.39 is 0 Å². The molecule has 22 heavy (non-hydrogen) atoms. The summed E-state index contributed by atoms with van der Waals surface area (Å²) in [7, 11) is 0. The molecule has 3 nitrogen and oxygen atoms in total. The minimum Gasteiger partial charge on any atom is -0.376 e. The second kappa shape index (κ2) is 8.74. The summed E-state index contributed by atoms with van der Waals surface area (Å²) in [5.41, 5.74) is 2.25. The predicted octanol–water partition coefficient (Wildman–Crippen LogP) is 3.72. The Kier molecular flexibility index (Phi) is 6.66. The van der Waals surface area contributed by atoms with E-state index in [4.69, 9.17) is 4.74 Å². The van der Waals surface area contributed by atoms with Crippen molar-refractivity contribution in [3.8, 4) is 0 Å². The van der Waals surface area contributed by atoms with E-state index >= 15 is 0 Å². The predicted molar refractivity (Wildman–Crippen MR) is 90.6 cm³/mol. The fourth-order valence-electron chi connectivity index (χ4n) is 2.82. The van der Waals surface area contributed by atoms with Crippen LogP contribution in [0, 0.1) is 12.8 Å². The van der Waals surface area contributed by atoms with Crippen molar-refractivity contribution in [1.82, 2.24) is 5.32 Å². The molecule has 1 aliphatic rings. The number of nitrogens with one attached hydrogen (secondary N) is 1. The Morgan fingerprint density at radius 1 is 1.27 bits per heavy atom. The average molecular weight is 301 g/mol. The van der Waals surface area contributed by atoms with Gasteiger partial charge in [-0.3, -0.25) is 4.79 Å². The molecule has 1 aromatic carbocycles. The van der Waals surface area contributed by atoms with Gasteiger partial charge in [0, 0.05) is 12.6 Å². The Morgan fingerprint density at radius 3 is 2.73 bits per heavy atom. The van der Waals surface area contributed by atoms with Gasteiger partial charge in [-0.05, 0) is 37.3 Å². The van der Waals surface area contributed by atoms with Gasteiger partial charge >= 0.3 is 0 Å². The Hall–Kier alpha value is -1.61. The van der Waals surface area contributed by atoms with Gasteiger partial charge in [-0.1, -0.05) is 49.6 Å². The van der Waals surface area contributed by atoms with Crippen LogP contribution in [0.15, 0.2) is 30.3 Å². The van der Waals surface area contributed by atoms with Gasteiger partial charge in [0.25, 0.3) is 0 Å². The lowest BCUT2D eigenvalue weighted by Gasteiger charge is -2.28. The van der Waals surface area contributed by atoms with Crippen LogP contribution in [0.2, 0.25) is 0 Å². The molecule has 1 amide bonds. The summed E-state index contributed by atoms with van der Waals surface area (Å²) in [5, 5.41) is 2.87. The molecule has 0 saturated heterocycles. The highest BCUT2D eigenvalue weighted by atomic mass is 16.5. The van der Waals surface area contributed by atoms with Crippen LogP contribution in [0.1, 0.15) is 43.7 Å². The maximum Gasteiger partial charge on any atom is 0.244 e. The van der Waals surface area contributed by atoms with Crippen molar-refractivity contribution >= 4 is 12.0 Å². The molecule has 1 aliphatic carbocycles. The van der Waals surface area contributed by atoms with Crippen LogP contribution in [0.25, 0.3) is 6.08 Å². The van der Waals surface area contributed by atoms with Gasteiger partial charge in [0.2, 0.25) is 5.91 Å². The number of carbonyl (C=O) groups is 1. The van der Waals surface area contributed by atoms with Crippen LogP contribution < -0.4 is 5.32 Å². The van der Waals surface area contributed by atoms with Crippen molar-refractivity contribution in [1.29, 1.82) is 0 Å². The first-order valence-electron chi connectivity index (χ1n) is 8.29. The minimum atomic E-state index is -0.0686. The number of amides is 1. The van der Waals surface area contributed by atoms with E-state index in [2.05, 4.69) is 12.2 Å². The summed E-state index contributed by atoms with van der Waals surface area (Å²) in [6.45, 7) is 5.47. The highest BCUT2D eigenvalue weighted by Crippen LogP contribution is 2.25. The number of rotatable bonds is 6. The van der Waals surface area contributed by atoms with Gasteiger partial charge in [0.1, 0.15) is 0 Å². The van der Waals surface area contributed by atoms with Crippen LogP contribution in [0.4, 0.5) is 0 Å². The molecule has 1 fully saturated rings. The molecule has 1 N–H and O–H groups in total. The van der Waals surface area contributed by atoms with Gasteiger partial charge in [-0.2, -0.15) is 0 Å². The number of ether oxygens (including phenoxy) is 1. The Morgan fingerprint density at radius 2 is 2.00 bits per heavy atom. The van der Waals surface area contributed by atoms with Gasteiger partial charge in [-0.25, -0.2) is 0 Å². The zero-order chi connectivity index (χ0) is 15.8. The fourth-order valence-corrected chi connectivity index (χ4v) is 2.82. The highest BCUT2D eigenvalue weighted by Gasteiger charge is 2.21. The average Bonchev–Trinajstić information content (AvgIpc) is 2.52. The normalized spacial score (nSPS) is 21.9. The Balaban J connectivity index is 1.64. The minimum absolute atomic E-state index is 0.0686. The molecule has 1 aromatic rings. The monoisotopic (exact) mass is 301 g/mol. The summed E-state index contributed by atoms with van der Waals surface area (Å²) in [5.74, 6) is 0.576. The van der Waals surface area contributed by atoms with Crippen LogP contribution in [0.3, 0.4) is 0 Å². The molecule has 3 heteroatoms. The number of hydrogen-bond acceptors (Lipinski definition) is 2. The van der Waals surface area contributed by atoms with Gasteiger partial charge < -0.3 is 10.1 Å². The van der Waals surface area contributed by atoms with Crippen LogP contribution in [-0.4, -0.2) is 25.2 Å². The van der Waals surface area contributed by atoms with Gasteiger partial charge in [0.05, 0.1) is 12.7 Å². The lowest BCUT2D eigenvalue weighted by molar-refractivity contribution is -0.116. The number of carbonyl (C=O) groups excluding carboxylic acids is 1. The lowest BCUT2D eigenvalue weighted by Crippen LogP contribution is -2.31. The smallest absolute Gasteiger partial charge is 0.244 e. The molecule has 0 radical (unpaired) electrons. The number of benzene rings is 1. The molecule has 2 atom stereocenters. The standard InChI is InChI=1S/C19H27NO2/c1-15-7-9-17(10-8-15)11-12-19(21)20-13-14-22-18-6-4-3-5-16(18)2/h7-12,16,18H,3-6,13-14H2,1-2H3,(H,20,21). The summed E-state index contributed by atoms with van der Waals surface area (Å²) in [4.78, 5) is 11.7. The lowest BCUT2D eigenvalue weighted by atomic mass is 9.88. The van der Waals surface area contributed by atoms with E-state index in [1.807, 2.05) is 37.3 Å². The molecule has 2 unspecified atom stereocenters. The molecule has 0 heterocycles. The van der Waals surface area contributed by atoms with E-state index in [9.17, 15) is 4.79 Å². The first-order valence-corrected chi connectivity index (χ1v) is 8.29. The molecule has 0 spiro atoms. The van der Waals surface area contributed by atoms with E-state index in [1.165, 1.54) is 24.8 Å². The molecule has 0 aromatic heterocycles. The van der Waals surface area contributed by atoms with Crippen molar-refractivity contribution in [3.63, 3.8) is 0 Å². The molecule has 120 valence electrons. The molecule has 0 bridgehead atoms. The SMILES string of the molecule is Cc1ccc(C=CC(=O)NCCOC2CCCCC2C)cc1. The molecule has 1 saturated carbocycles. The molecular weight excluding hydrogens is 274 g/mol. The molecule has 2 rings (SSSR count). The summed E-state index contributed by atoms with van der Waals surface area (Å²) >= 11 is 0. The summed E-state index contributed by atoms with van der Waals surface area (Å²) < 4.78 is 5.88. The van der Waals surface area contributed by atoms with E-state index in [1.54, 1.807) is 6.08 Å². The van der Waals surface area contributed by atoms with Gasteiger partial charge in [-0.15, -0.1) is 0 Å². The summed E-state index contributed by atoms with van der Waals surface area (Å²) in [6, 6.07) is 8.09. The van der Waals surface area contributed by atoms with Crippen molar-refractivity contribution in [2.45, 2.75) is 45.6 Å². The zero-order valence-electron chi connectivity index (χ0n) is 13.7. The zero-order valence-corrected chi connectivity index (χ0v) is 13.7. The van der Waals surface area contributed by atoms with E-state index in [-0.39, 0.29) is 5.91 Å². The van der Waals surface area contributed by atoms with Crippen molar-refractivity contribution in [2.75, 3.05) is 13.2 Å². The number of aryl methyl sites for hydroxylation is 1. The van der Waals surface area contributed by atoms with Crippen LogP contribution >= 0.6 is 0 Å². The number of hydrogen-bond donors (Lipinski definition) is 1. The van der Waals surface area contributed by atoms with Crippen molar-refractivity contribution in [3.05, 3.63) is 41.5 Å². The third-order valence-corrected chi connectivity index (χ3v) is 4.27. The molecular formula is C19H27NO2. The third-order valence-electron chi connectivity index (χ3n) is 4.27. The molecule has 0 aliphatic heterocycles. The topological polar surface area (TPSA) is 38.3 Å². The van der Waals surface area contributed by atoms with Crippen molar-refractivity contribution < 1.29 is 9.53 Å². The van der Waals surface area contributed by atoms with E-state index in [0.717, 1.165) is 12.0 Å². The first kappa shape index (κ1) is 16.8. The van der Waals surface area contributed by atoms with Gasteiger partial charge in [0.15, 0.2) is 0 Å². The highest BCUT2D eigenvalue weighted by molar-refractivity contribution is 5.91. The maximum atomic E-state index is 11.7. The Labute approximate surface area is 133 Å². The Bertz CT molecular complexity index is 493. The van der Waals surface area contributed by atoms with Crippen molar-refractivity contribution in [2.24, 2.45) is 5.92 Å². The third kappa shape index (κ3) is 5.64. The van der Waals surface area contributed by atoms with E-state index in [0.29, 0.717) is 25.2 Å². The summed E-state index contributed by atoms with van der Waals surface area (Å²) in [6.07, 6.45) is 8.78. The largest absolute Gasteiger partial charge is 0.376 e. The fraction of sp³-hybridized carbons (Fsp3) is 0.526. The second-order valence-electron chi connectivity index (χ2n) is 6.21. The van der Waals surface area contributed by atoms with Crippen LogP contribution in [0.5, 0.6) is 0 Å². The maximum absolute atomic E-state index is 11.7.